The van der Waals surface area contributed by atoms with Gasteiger partial charge in [0.2, 0.25) is 5.88 Å². The molecule has 2 aliphatic carbocycles. The number of rotatable bonds is 8. The lowest BCUT2D eigenvalue weighted by Gasteiger charge is -2.59. The SMILES string of the molecule is C1CNC1.CCOc1nc(-c2cccnc2OCC)ccc1OC1CC2(C1)CN(C(=O)C1(F)CCCC1)C2. The molecule has 1 amide bonds. The van der Waals surface area contributed by atoms with Gasteiger partial charge in [0, 0.05) is 24.7 Å². The predicted octanol–water partition coefficient (Wildman–Crippen LogP) is 4.57. The third-order valence-electron chi connectivity index (χ3n) is 7.88. The number of carbonyl (C=O) groups is 1. The summed E-state index contributed by atoms with van der Waals surface area (Å²) in [4.78, 5) is 23.3. The highest BCUT2D eigenvalue weighted by Gasteiger charge is 2.57. The predicted molar refractivity (Wildman–Crippen MR) is 142 cm³/mol. The maximum Gasteiger partial charge on any atom is 0.260 e. The van der Waals surface area contributed by atoms with E-state index in [2.05, 4.69) is 15.3 Å². The van der Waals surface area contributed by atoms with Crippen LogP contribution in [0.15, 0.2) is 30.5 Å². The molecule has 0 aromatic carbocycles. The number of ether oxygens (including phenoxy) is 3. The van der Waals surface area contributed by atoms with Crippen molar-refractivity contribution in [2.45, 2.75) is 70.6 Å². The van der Waals surface area contributed by atoms with Crippen LogP contribution in [0.4, 0.5) is 4.39 Å². The van der Waals surface area contributed by atoms with Crippen LogP contribution in [0.3, 0.4) is 0 Å². The second kappa shape index (κ2) is 11.4. The number of amides is 1. The number of nitrogens with one attached hydrogen (secondary N) is 1. The smallest absolute Gasteiger partial charge is 0.260 e. The maximum absolute atomic E-state index is 14.8. The zero-order chi connectivity index (χ0) is 26.6. The first-order valence-electron chi connectivity index (χ1n) is 14.0. The van der Waals surface area contributed by atoms with E-state index in [1.807, 2.05) is 38.1 Å². The summed E-state index contributed by atoms with van der Waals surface area (Å²) in [7, 11) is 0. The summed E-state index contributed by atoms with van der Waals surface area (Å²) < 4.78 is 32.5. The molecule has 1 N–H and O–H groups in total. The molecule has 0 unspecified atom stereocenters. The van der Waals surface area contributed by atoms with Crippen LogP contribution in [-0.4, -0.2) is 71.9 Å². The van der Waals surface area contributed by atoms with E-state index in [1.165, 1.54) is 19.5 Å². The van der Waals surface area contributed by atoms with Crippen LogP contribution < -0.4 is 19.5 Å². The Morgan fingerprint density at radius 1 is 1.05 bits per heavy atom. The first kappa shape index (κ1) is 26.7. The standard InChI is InChI=1S/C26H32FN3O4.C3H7N/c1-3-32-22-19(8-7-13-28-22)20-9-10-21(23(29-20)33-4-2)34-18-14-25(15-18)16-30(17-25)24(31)26(27)11-5-6-12-26;1-2-4-3-1/h7-10,13,18H,3-6,11-12,14-17H2,1-2H3;4H,1-3H2. The molecule has 2 aromatic rings. The molecule has 2 aromatic heterocycles. The van der Waals surface area contributed by atoms with Gasteiger partial charge in [0.1, 0.15) is 6.10 Å². The van der Waals surface area contributed by atoms with Crippen LogP contribution in [0.2, 0.25) is 0 Å². The summed E-state index contributed by atoms with van der Waals surface area (Å²) in [6.45, 7) is 8.58. The number of likely N-dealkylation sites (tertiary alicyclic amines) is 1. The molecule has 2 aliphatic heterocycles. The summed E-state index contributed by atoms with van der Waals surface area (Å²) in [6, 6.07) is 7.54. The van der Waals surface area contributed by atoms with Gasteiger partial charge >= 0.3 is 0 Å². The molecule has 8 nitrogen and oxygen atoms in total. The normalized spacial score (nSPS) is 20.9. The Kier molecular flexibility index (Phi) is 8.02. The van der Waals surface area contributed by atoms with Crippen molar-refractivity contribution >= 4 is 5.91 Å². The molecule has 9 heteroatoms. The van der Waals surface area contributed by atoms with Crippen molar-refractivity contribution in [3.63, 3.8) is 0 Å². The fourth-order valence-electron chi connectivity index (χ4n) is 5.69. The Bertz CT molecular complexity index is 1100. The number of carbonyl (C=O) groups excluding carboxylic acids is 1. The molecule has 6 rings (SSSR count). The number of aromatic nitrogens is 2. The third kappa shape index (κ3) is 5.58. The highest BCUT2D eigenvalue weighted by molar-refractivity contribution is 5.86. The molecule has 38 heavy (non-hydrogen) atoms. The van der Waals surface area contributed by atoms with Crippen molar-refractivity contribution in [1.82, 2.24) is 20.2 Å². The van der Waals surface area contributed by atoms with Crippen molar-refractivity contribution in [3.8, 4) is 28.8 Å². The summed E-state index contributed by atoms with van der Waals surface area (Å²) in [6.07, 6.45) is 7.16. The van der Waals surface area contributed by atoms with E-state index in [9.17, 15) is 9.18 Å². The molecular weight excluding hydrogens is 487 g/mol. The zero-order valence-corrected chi connectivity index (χ0v) is 22.5. The second-order valence-corrected chi connectivity index (χ2v) is 10.8. The van der Waals surface area contributed by atoms with Crippen molar-refractivity contribution in [2.75, 3.05) is 39.4 Å². The molecule has 2 saturated heterocycles. The molecule has 0 bridgehead atoms. The number of alkyl halides is 1. The van der Waals surface area contributed by atoms with Crippen LogP contribution in [0, 0.1) is 5.41 Å². The van der Waals surface area contributed by atoms with Crippen LogP contribution in [0.25, 0.3) is 11.3 Å². The van der Waals surface area contributed by atoms with Gasteiger partial charge in [-0.1, -0.05) is 0 Å². The van der Waals surface area contributed by atoms with Gasteiger partial charge in [0.05, 0.1) is 24.5 Å². The van der Waals surface area contributed by atoms with E-state index >= 15 is 0 Å². The Labute approximate surface area is 224 Å². The largest absolute Gasteiger partial charge is 0.485 e. The van der Waals surface area contributed by atoms with Crippen LogP contribution in [-0.2, 0) is 4.79 Å². The lowest BCUT2D eigenvalue weighted by molar-refractivity contribution is -0.171. The molecule has 4 heterocycles. The summed E-state index contributed by atoms with van der Waals surface area (Å²) in [5, 5.41) is 3.11. The van der Waals surface area contributed by atoms with Gasteiger partial charge in [-0.3, -0.25) is 4.79 Å². The molecule has 4 aliphatic rings. The Balaban J connectivity index is 0.000000673. The minimum Gasteiger partial charge on any atom is -0.485 e. The molecule has 0 atom stereocenters. The third-order valence-corrected chi connectivity index (χ3v) is 7.88. The summed E-state index contributed by atoms with van der Waals surface area (Å²) in [5.74, 6) is 1.28. The van der Waals surface area contributed by atoms with Crippen LogP contribution in [0.1, 0.15) is 58.8 Å². The van der Waals surface area contributed by atoms with Crippen molar-refractivity contribution in [3.05, 3.63) is 30.5 Å². The number of nitrogens with zero attached hydrogens (tertiary/aromatic N) is 3. The average molecular weight is 527 g/mol. The lowest BCUT2D eigenvalue weighted by atomic mass is 9.61. The maximum atomic E-state index is 14.8. The Hall–Kier alpha value is -2.94. The van der Waals surface area contributed by atoms with Crippen molar-refractivity contribution < 1.29 is 23.4 Å². The van der Waals surface area contributed by atoms with Gasteiger partial charge < -0.3 is 24.4 Å². The second-order valence-electron chi connectivity index (χ2n) is 10.8. The minimum atomic E-state index is -1.63. The first-order valence-corrected chi connectivity index (χ1v) is 14.0. The molecule has 206 valence electrons. The minimum absolute atomic E-state index is 0.0345. The molecule has 2 saturated carbocycles. The number of hydrogen-bond acceptors (Lipinski definition) is 7. The number of hydrogen-bond donors (Lipinski definition) is 1. The number of pyridine rings is 2. The Morgan fingerprint density at radius 2 is 1.71 bits per heavy atom. The molecule has 0 radical (unpaired) electrons. The van der Waals surface area contributed by atoms with Crippen molar-refractivity contribution in [1.29, 1.82) is 0 Å². The van der Waals surface area contributed by atoms with Crippen LogP contribution >= 0.6 is 0 Å². The highest BCUT2D eigenvalue weighted by atomic mass is 19.1. The fraction of sp³-hybridized carbons (Fsp3) is 0.621. The number of halogens is 1. The average Bonchev–Trinajstić information content (AvgIpc) is 3.27. The van der Waals surface area contributed by atoms with E-state index in [1.54, 1.807) is 11.1 Å². The van der Waals surface area contributed by atoms with Gasteiger partial charge in [0.15, 0.2) is 11.4 Å². The monoisotopic (exact) mass is 526 g/mol. The van der Waals surface area contributed by atoms with Gasteiger partial charge in [0.25, 0.3) is 11.8 Å². The van der Waals surface area contributed by atoms with E-state index in [-0.39, 0.29) is 17.4 Å². The van der Waals surface area contributed by atoms with Crippen LogP contribution in [0.5, 0.6) is 17.5 Å². The van der Waals surface area contributed by atoms with Gasteiger partial charge in [-0.25, -0.2) is 14.4 Å². The summed E-state index contributed by atoms with van der Waals surface area (Å²) >= 11 is 0. The molecular formula is C29H39FN4O4. The van der Waals surface area contributed by atoms with E-state index in [0.29, 0.717) is 62.3 Å². The highest BCUT2D eigenvalue weighted by Crippen LogP contribution is 2.51. The first-order chi connectivity index (χ1) is 18.5. The van der Waals surface area contributed by atoms with E-state index in [0.717, 1.165) is 31.2 Å². The quantitative estimate of drug-likeness (QED) is 0.539. The van der Waals surface area contributed by atoms with E-state index < -0.39 is 5.67 Å². The van der Waals surface area contributed by atoms with Gasteiger partial charge in [-0.15, -0.1) is 0 Å². The van der Waals surface area contributed by atoms with Gasteiger partial charge in [-0.2, -0.15) is 0 Å². The van der Waals surface area contributed by atoms with E-state index in [4.69, 9.17) is 14.2 Å². The summed E-state index contributed by atoms with van der Waals surface area (Å²) in [5.41, 5.74) is -0.0577. The van der Waals surface area contributed by atoms with Gasteiger partial charge in [-0.05, 0) is 96.1 Å². The lowest BCUT2D eigenvalue weighted by Crippen LogP contribution is -2.68. The molecule has 1 spiro atoms. The zero-order valence-electron chi connectivity index (χ0n) is 22.5. The fourth-order valence-corrected chi connectivity index (χ4v) is 5.69. The molecule has 4 fully saturated rings. The van der Waals surface area contributed by atoms with Crippen molar-refractivity contribution in [2.24, 2.45) is 5.41 Å². The topological polar surface area (TPSA) is 85.8 Å². The Morgan fingerprint density at radius 3 is 2.34 bits per heavy atom.